The highest BCUT2D eigenvalue weighted by molar-refractivity contribution is 5.96. The predicted molar refractivity (Wildman–Crippen MR) is 68.0 cm³/mol. The number of hydrogen-bond acceptors (Lipinski definition) is 4. The Bertz CT molecular complexity index is 510. The second-order valence-electron chi connectivity index (χ2n) is 3.96. The van der Waals surface area contributed by atoms with Crippen LogP contribution >= 0.6 is 0 Å². The lowest BCUT2D eigenvalue weighted by Crippen LogP contribution is -2.14. The van der Waals surface area contributed by atoms with Gasteiger partial charge >= 0.3 is 11.9 Å². The van der Waals surface area contributed by atoms with E-state index in [2.05, 4.69) is 10.1 Å². The summed E-state index contributed by atoms with van der Waals surface area (Å²) in [5.41, 5.74) is 1.52. The van der Waals surface area contributed by atoms with Crippen LogP contribution < -0.4 is 5.32 Å². The van der Waals surface area contributed by atoms with Crippen LogP contribution in [0.15, 0.2) is 18.2 Å². The molecule has 0 bridgehead atoms. The zero-order valence-electron chi connectivity index (χ0n) is 10.7. The Hall–Kier alpha value is -2.37. The molecule has 0 fully saturated rings. The quantitative estimate of drug-likeness (QED) is 0.788. The lowest BCUT2D eigenvalue weighted by molar-refractivity contribution is -0.138. The zero-order valence-corrected chi connectivity index (χ0v) is 10.7. The highest BCUT2D eigenvalue weighted by Crippen LogP contribution is 2.16. The number of methoxy groups -OCH3 is 1. The third kappa shape index (κ3) is 4.42. The third-order valence-electron chi connectivity index (χ3n) is 2.49. The van der Waals surface area contributed by atoms with Gasteiger partial charge in [-0.25, -0.2) is 4.79 Å². The maximum atomic E-state index is 11.5. The maximum absolute atomic E-state index is 11.5. The van der Waals surface area contributed by atoms with Crippen molar-refractivity contribution >= 4 is 23.5 Å². The van der Waals surface area contributed by atoms with Crippen LogP contribution in [0, 0.1) is 6.92 Å². The number of aryl methyl sites for hydroxylation is 1. The molecule has 1 rings (SSSR count). The van der Waals surface area contributed by atoms with Crippen molar-refractivity contribution in [3.63, 3.8) is 0 Å². The van der Waals surface area contributed by atoms with E-state index < -0.39 is 17.8 Å². The first-order chi connectivity index (χ1) is 8.93. The first kappa shape index (κ1) is 14.7. The van der Waals surface area contributed by atoms with E-state index in [0.717, 1.165) is 5.56 Å². The number of benzene rings is 1. The van der Waals surface area contributed by atoms with E-state index in [4.69, 9.17) is 5.11 Å². The van der Waals surface area contributed by atoms with Gasteiger partial charge in [-0.15, -0.1) is 0 Å². The number of ether oxygens (including phenoxy) is 1. The van der Waals surface area contributed by atoms with Crippen LogP contribution in [0.4, 0.5) is 5.69 Å². The van der Waals surface area contributed by atoms with Crippen molar-refractivity contribution in [1.29, 1.82) is 0 Å². The summed E-state index contributed by atoms with van der Waals surface area (Å²) >= 11 is 0. The van der Waals surface area contributed by atoms with E-state index in [1.54, 1.807) is 19.1 Å². The highest BCUT2D eigenvalue weighted by Gasteiger charge is 2.11. The van der Waals surface area contributed by atoms with Gasteiger partial charge in [-0.05, 0) is 24.6 Å². The highest BCUT2D eigenvalue weighted by atomic mass is 16.5. The number of rotatable bonds is 5. The van der Waals surface area contributed by atoms with Crippen LogP contribution in [0.1, 0.15) is 28.8 Å². The molecule has 1 amide bonds. The Morgan fingerprint density at radius 1 is 1.26 bits per heavy atom. The van der Waals surface area contributed by atoms with Crippen LogP contribution in [0.25, 0.3) is 0 Å². The number of anilines is 1. The van der Waals surface area contributed by atoms with Gasteiger partial charge in [0.25, 0.3) is 0 Å². The molecule has 0 aliphatic rings. The molecule has 0 saturated heterocycles. The van der Waals surface area contributed by atoms with Crippen LogP contribution in [-0.4, -0.2) is 30.1 Å². The Morgan fingerprint density at radius 3 is 2.53 bits per heavy atom. The minimum absolute atomic E-state index is 0.114. The molecule has 0 saturated carbocycles. The number of hydrogen-bond donors (Lipinski definition) is 2. The van der Waals surface area contributed by atoms with Gasteiger partial charge in [-0.3, -0.25) is 9.59 Å². The molecular formula is C13H15NO5. The third-order valence-corrected chi connectivity index (χ3v) is 2.49. The summed E-state index contributed by atoms with van der Waals surface area (Å²) < 4.78 is 4.63. The number of carboxylic acid groups (broad SMARTS) is 1. The van der Waals surface area contributed by atoms with Crippen LogP contribution in [0.3, 0.4) is 0 Å². The summed E-state index contributed by atoms with van der Waals surface area (Å²) in [6, 6.07) is 4.82. The molecule has 0 unspecified atom stereocenters. The smallest absolute Gasteiger partial charge is 0.338 e. The summed E-state index contributed by atoms with van der Waals surface area (Å²) in [5.74, 6) is -1.93. The molecule has 6 nitrogen and oxygen atoms in total. The maximum Gasteiger partial charge on any atom is 0.338 e. The average molecular weight is 265 g/mol. The van der Waals surface area contributed by atoms with Crippen molar-refractivity contribution in [1.82, 2.24) is 0 Å². The first-order valence-electron chi connectivity index (χ1n) is 5.64. The molecule has 6 heteroatoms. The molecule has 19 heavy (non-hydrogen) atoms. The molecule has 0 spiro atoms. The van der Waals surface area contributed by atoms with Gasteiger partial charge in [0.2, 0.25) is 5.91 Å². The molecule has 102 valence electrons. The second-order valence-corrected chi connectivity index (χ2v) is 3.96. The van der Waals surface area contributed by atoms with Crippen LogP contribution in [0.5, 0.6) is 0 Å². The number of amides is 1. The molecule has 0 heterocycles. The topological polar surface area (TPSA) is 92.7 Å². The normalized spacial score (nSPS) is 9.79. The lowest BCUT2D eigenvalue weighted by Gasteiger charge is -2.08. The Labute approximate surface area is 110 Å². The molecule has 0 radical (unpaired) electrons. The van der Waals surface area contributed by atoms with E-state index >= 15 is 0 Å². The van der Waals surface area contributed by atoms with E-state index in [0.29, 0.717) is 11.3 Å². The monoisotopic (exact) mass is 265 g/mol. The second kappa shape index (κ2) is 6.53. The molecular weight excluding hydrogens is 250 g/mol. The van der Waals surface area contributed by atoms with Gasteiger partial charge in [-0.1, -0.05) is 6.07 Å². The first-order valence-corrected chi connectivity index (χ1v) is 5.64. The van der Waals surface area contributed by atoms with Crippen molar-refractivity contribution in [2.45, 2.75) is 19.8 Å². The fourth-order valence-corrected chi connectivity index (χ4v) is 1.47. The number of esters is 1. The van der Waals surface area contributed by atoms with E-state index in [-0.39, 0.29) is 12.8 Å². The van der Waals surface area contributed by atoms with Gasteiger partial charge in [0, 0.05) is 12.1 Å². The summed E-state index contributed by atoms with van der Waals surface area (Å²) in [4.78, 5) is 33.3. The SMILES string of the molecule is COC(=O)c1cc(NC(=O)CCC(=O)O)ccc1C. The minimum atomic E-state index is -1.03. The fraction of sp³-hybridized carbons (Fsp3) is 0.308. The zero-order chi connectivity index (χ0) is 14.4. The summed E-state index contributed by atoms with van der Waals surface area (Å²) in [5, 5.41) is 11.0. The lowest BCUT2D eigenvalue weighted by atomic mass is 10.1. The van der Waals surface area contributed by atoms with Crippen molar-refractivity contribution < 1.29 is 24.2 Å². The van der Waals surface area contributed by atoms with Crippen molar-refractivity contribution in [3.8, 4) is 0 Å². The summed E-state index contributed by atoms with van der Waals surface area (Å²) in [7, 11) is 1.28. The van der Waals surface area contributed by atoms with Gasteiger partial charge < -0.3 is 15.2 Å². The Morgan fingerprint density at radius 2 is 1.95 bits per heavy atom. The standard InChI is InChI=1S/C13H15NO5/c1-8-3-4-9(7-10(8)13(18)19-2)14-11(15)5-6-12(16)17/h3-4,7H,5-6H2,1-2H3,(H,14,15)(H,16,17). The van der Waals surface area contributed by atoms with Gasteiger partial charge in [0.1, 0.15) is 0 Å². The largest absolute Gasteiger partial charge is 0.481 e. The van der Waals surface area contributed by atoms with Gasteiger partial charge in [0.05, 0.1) is 19.1 Å². The molecule has 0 aromatic heterocycles. The molecule has 2 N–H and O–H groups in total. The van der Waals surface area contributed by atoms with Crippen LogP contribution in [0.2, 0.25) is 0 Å². The van der Waals surface area contributed by atoms with E-state index in [1.807, 2.05) is 0 Å². The van der Waals surface area contributed by atoms with Crippen molar-refractivity contribution in [3.05, 3.63) is 29.3 Å². The fourth-order valence-electron chi connectivity index (χ4n) is 1.47. The molecule has 1 aromatic rings. The van der Waals surface area contributed by atoms with E-state index in [1.165, 1.54) is 13.2 Å². The molecule has 1 aromatic carbocycles. The van der Waals surface area contributed by atoms with Crippen molar-refractivity contribution in [2.24, 2.45) is 0 Å². The van der Waals surface area contributed by atoms with Gasteiger partial charge in [-0.2, -0.15) is 0 Å². The van der Waals surface area contributed by atoms with Crippen molar-refractivity contribution in [2.75, 3.05) is 12.4 Å². The van der Waals surface area contributed by atoms with Crippen LogP contribution in [-0.2, 0) is 14.3 Å². The number of nitrogens with one attached hydrogen (secondary N) is 1. The van der Waals surface area contributed by atoms with E-state index in [9.17, 15) is 14.4 Å². The average Bonchev–Trinajstić information content (AvgIpc) is 2.37. The summed E-state index contributed by atoms with van der Waals surface area (Å²) in [6.07, 6.45) is -0.349. The number of carboxylic acids is 1. The number of carbonyl (C=O) groups excluding carboxylic acids is 2. The number of aliphatic carboxylic acids is 1. The minimum Gasteiger partial charge on any atom is -0.481 e. The van der Waals surface area contributed by atoms with Gasteiger partial charge in [0.15, 0.2) is 0 Å². The molecule has 0 atom stereocenters. The predicted octanol–water partition coefficient (Wildman–Crippen LogP) is 1.58. The Balaban J connectivity index is 2.77. The summed E-state index contributed by atoms with van der Waals surface area (Å²) in [6.45, 7) is 1.75. The Kier molecular flexibility index (Phi) is 5.05. The molecule has 0 aliphatic carbocycles. The molecule has 0 aliphatic heterocycles. The number of carbonyl (C=O) groups is 3.